The van der Waals surface area contributed by atoms with E-state index in [0.717, 1.165) is 25.0 Å². The smallest absolute Gasteiger partial charge is 0.191 e. The molecule has 1 aromatic rings. The number of ether oxygens (including phenoxy) is 2. The van der Waals surface area contributed by atoms with Crippen LogP contribution in [-0.4, -0.2) is 24.6 Å². The molecule has 2 atom stereocenters. The molecule has 0 aromatic heterocycles. The lowest BCUT2D eigenvalue weighted by Crippen LogP contribution is -2.25. The number of rotatable bonds is 4. The predicted octanol–water partition coefficient (Wildman–Crippen LogP) is 2.84. The van der Waals surface area contributed by atoms with Gasteiger partial charge in [-0.1, -0.05) is 19.1 Å². The Morgan fingerprint density at radius 3 is 2.83 bits per heavy atom. The van der Waals surface area contributed by atoms with E-state index >= 15 is 0 Å². The van der Waals surface area contributed by atoms with Crippen LogP contribution in [0.2, 0.25) is 0 Å². The molecule has 0 amide bonds. The minimum absolute atomic E-state index is 0.0845. The van der Waals surface area contributed by atoms with Crippen molar-refractivity contribution in [3.05, 3.63) is 29.8 Å². The van der Waals surface area contributed by atoms with Crippen LogP contribution < -0.4 is 4.74 Å². The molecule has 2 unspecified atom stereocenters. The summed E-state index contributed by atoms with van der Waals surface area (Å²) in [6.07, 6.45) is 3.30. The zero-order valence-corrected chi connectivity index (χ0v) is 10.6. The van der Waals surface area contributed by atoms with Gasteiger partial charge in [-0.2, -0.15) is 0 Å². The third-order valence-corrected chi connectivity index (χ3v) is 3.59. The third-order valence-electron chi connectivity index (χ3n) is 3.59. The summed E-state index contributed by atoms with van der Waals surface area (Å²) in [5.41, 5.74) is 0.701. The maximum Gasteiger partial charge on any atom is 0.191 e. The molecule has 0 spiro atoms. The maximum atomic E-state index is 12.3. The van der Waals surface area contributed by atoms with Gasteiger partial charge in [0.05, 0.1) is 6.10 Å². The van der Waals surface area contributed by atoms with Gasteiger partial charge in [0.15, 0.2) is 5.78 Å². The summed E-state index contributed by atoms with van der Waals surface area (Å²) in [6.45, 7) is 2.76. The monoisotopic (exact) mass is 246 g/mol. The Labute approximate surface area is 107 Å². The summed E-state index contributed by atoms with van der Waals surface area (Å²) in [6, 6.07) is 7.48. The Morgan fingerprint density at radius 1 is 1.33 bits per heavy atom. The average Bonchev–Trinajstić information content (AvgIpc) is 3.08. The van der Waals surface area contributed by atoms with Crippen LogP contribution >= 0.6 is 0 Å². The second kappa shape index (κ2) is 4.73. The number of Topliss-reactive ketones (excluding diaryl/α,β-unsaturated/α-hetero) is 1. The van der Waals surface area contributed by atoms with Gasteiger partial charge in [-0.3, -0.25) is 4.79 Å². The van der Waals surface area contributed by atoms with E-state index in [4.69, 9.17) is 9.47 Å². The number of ketones is 1. The van der Waals surface area contributed by atoms with Crippen molar-refractivity contribution in [1.29, 1.82) is 0 Å². The van der Waals surface area contributed by atoms with E-state index in [9.17, 15) is 4.79 Å². The quantitative estimate of drug-likeness (QED) is 0.766. The van der Waals surface area contributed by atoms with Crippen molar-refractivity contribution in [2.24, 2.45) is 5.92 Å². The largest absolute Gasteiger partial charge is 0.490 e. The standard InChI is InChI=1S/C15H18O3/c1-10-7-8-17-15(10)14(16)11-3-2-4-13(9-11)18-12-5-6-12/h2-4,9-10,12,15H,5-8H2,1H3. The molecule has 0 radical (unpaired) electrons. The van der Waals surface area contributed by atoms with Crippen molar-refractivity contribution in [2.75, 3.05) is 6.61 Å². The second-order valence-electron chi connectivity index (χ2n) is 5.27. The van der Waals surface area contributed by atoms with Crippen molar-refractivity contribution < 1.29 is 14.3 Å². The van der Waals surface area contributed by atoms with Gasteiger partial charge in [0.25, 0.3) is 0 Å². The highest BCUT2D eigenvalue weighted by Gasteiger charge is 2.31. The Balaban J connectivity index is 1.75. The lowest BCUT2D eigenvalue weighted by molar-refractivity contribution is 0.0579. The van der Waals surface area contributed by atoms with Crippen LogP contribution in [-0.2, 0) is 4.74 Å². The summed E-state index contributed by atoms with van der Waals surface area (Å²) >= 11 is 0. The Morgan fingerprint density at radius 2 is 2.17 bits per heavy atom. The highest BCUT2D eigenvalue weighted by atomic mass is 16.5. The SMILES string of the molecule is CC1CCOC1C(=O)c1cccc(OC2CC2)c1. The molecule has 0 bridgehead atoms. The van der Waals surface area contributed by atoms with Crippen LogP contribution in [0.1, 0.15) is 36.5 Å². The van der Waals surface area contributed by atoms with E-state index in [1.165, 1.54) is 0 Å². The number of benzene rings is 1. The maximum absolute atomic E-state index is 12.3. The van der Waals surface area contributed by atoms with E-state index in [1.54, 1.807) is 0 Å². The van der Waals surface area contributed by atoms with E-state index in [2.05, 4.69) is 6.92 Å². The van der Waals surface area contributed by atoms with Gasteiger partial charge in [-0.15, -0.1) is 0 Å². The van der Waals surface area contributed by atoms with Gasteiger partial charge in [0.2, 0.25) is 0 Å². The van der Waals surface area contributed by atoms with Crippen LogP contribution in [0.15, 0.2) is 24.3 Å². The predicted molar refractivity (Wildman–Crippen MR) is 67.9 cm³/mol. The first-order valence-corrected chi connectivity index (χ1v) is 6.66. The van der Waals surface area contributed by atoms with Crippen LogP contribution in [0.4, 0.5) is 0 Å². The fraction of sp³-hybridized carbons (Fsp3) is 0.533. The second-order valence-corrected chi connectivity index (χ2v) is 5.27. The lowest BCUT2D eigenvalue weighted by atomic mass is 9.96. The molecule has 1 aliphatic heterocycles. The fourth-order valence-corrected chi connectivity index (χ4v) is 2.30. The third kappa shape index (κ3) is 2.41. The zero-order chi connectivity index (χ0) is 12.5. The summed E-state index contributed by atoms with van der Waals surface area (Å²) in [7, 11) is 0. The first-order valence-electron chi connectivity index (χ1n) is 6.66. The molecule has 1 saturated carbocycles. The van der Waals surface area contributed by atoms with Gasteiger partial charge in [0.1, 0.15) is 11.9 Å². The topological polar surface area (TPSA) is 35.5 Å². The van der Waals surface area contributed by atoms with Crippen molar-refractivity contribution in [1.82, 2.24) is 0 Å². The summed E-state index contributed by atoms with van der Waals surface area (Å²) < 4.78 is 11.2. The molecule has 2 fully saturated rings. The Bertz CT molecular complexity index is 451. The summed E-state index contributed by atoms with van der Waals surface area (Å²) in [5.74, 6) is 1.20. The van der Waals surface area contributed by atoms with E-state index in [-0.39, 0.29) is 11.9 Å². The molecule has 1 heterocycles. The highest BCUT2D eigenvalue weighted by Crippen LogP contribution is 2.29. The summed E-state index contributed by atoms with van der Waals surface area (Å²) in [4.78, 5) is 12.3. The van der Waals surface area contributed by atoms with Crippen molar-refractivity contribution in [3.63, 3.8) is 0 Å². The Hall–Kier alpha value is -1.35. The molecule has 0 N–H and O–H groups in total. The normalized spacial score (nSPS) is 27.2. The zero-order valence-electron chi connectivity index (χ0n) is 10.6. The van der Waals surface area contributed by atoms with E-state index in [1.807, 2.05) is 24.3 Å². The van der Waals surface area contributed by atoms with Crippen LogP contribution in [0.5, 0.6) is 5.75 Å². The van der Waals surface area contributed by atoms with E-state index in [0.29, 0.717) is 24.2 Å². The molecule has 3 nitrogen and oxygen atoms in total. The first-order chi connectivity index (χ1) is 8.74. The number of hydrogen-bond donors (Lipinski definition) is 0. The molecule has 1 aromatic carbocycles. The number of carbonyl (C=O) groups excluding carboxylic acids is 1. The number of carbonyl (C=O) groups is 1. The van der Waals surface area contributed by atoms with Gasteiger partial charge in [-0.05, 0) is 37.3 Å². The van der Waals surface area contributed by atoms with Crippen molar-refractivity contribution >= 4 is 5.78 Å². The molecule has 3 heteroatoms. The van der Waals surface area contributed by atoms with Gasteiger partial charge in [-0.25, -0.2) is 0 Å². The van der Waals surface area contributed by atoms with Crippen LogP contribution in [0.3, 0.4) is 0 Å². The van der Waals surface area contributed by atoms with Crippen molar-refractivity contribution in [2.45, 2.75) is 38.4 Å². The summed E-state index contributed by atoms with van der Waals surface area (Å²) in [5, 5.41) is 0. The lowest BCUT2D eigenvalue weighted by Gasteiger charge is -2.14. The molecule has 3 rings (SSSR count). The molecule has 1 aliphatic carbocycles. The minimum atomic E-state index is -0.277. The first kappa shape index (κ1) is 11.7. The van der Waals surface area contributed by atoms with Gasteiger partial charge in [0, 0.05) is 12.2 Å². The van der Waals surface area contributed by atoms with Crippen LogP contribution in [0, 0.1) is 5.92 Å². The highest BCUT2D eigenvalue weighted by molar-refractivity contribution is 6.00. The van der Waals surface area contributed by atoms with Gasteiger partial charge < -0.3 is 9.47 Å². The fourth-order valence-electron chi connectivity index (χ4n) is 2.30. The van der Waals surface area contributed by atoms with Crippen molar-refractivity contribution in [3.8, 4) is 5.75 Å². The molecule has 96 valence electrons. The molecular weight excluding hydrogens is 228 g/mol. The van der Waals surface area contributed by atoms with Gasteiger partial charge >= 0.3 is 0 Å². The Kier molecular flexibility index (Phi) is 3.08. The number of hydrogen-bond acceptors (Lipinski definition) is 3. The molecule has 2 aliphatic rings. The molecule has 18 heavy (non-hydrogen) atoms. The molecular formula is C15H18O3. The van der Waals surface area contributed by atoms with E-state index < -0.39 is 0 Å². The minimum Gasteiger partial charge on any atom is -0.490 e. The average molecular weight is 246 g/mol. The van der Waals surface area contributed by atoms with Crippen LogP contribution in [0.25, 0.3) is 0 Å². The molecule has 1 saturated heterocycles.